The minimum atomic E-state index is -0.972. The molecule has 0 atom stereocenters. The highest BCUT2D eigenvalue weighted by Crippen LogP contribution is 2.45. The van der Waals surface area contributed by atoms with Crippen LogP contribution in [0, 0.1) is 11.2 Å². The van der Waals surface area contributed by atoms with Crippen LogP contribution in [0.1, 0.15) is 23.2 Å². The summed E-state index contributed by atoms with van der Waals surface area (Å²) in [4.78, 5) is 22.6. The van der Waals surface area contributed by atoms with Crippen molar-refractivity contribution in [1.82, 2.24) is 5.32 Å². The zero-order valence-electron chi connectivity index (χ0n) is 9.44. The number of aliphatic carboxylic acids is 1. The molecule has 1 aromatic carbocycles. The Balaban J connectivity index is 2.07. The number of hydrogen-bond acceptors (Lipinski definition) is 3. The van der Waals surface area contributed by atoms with Gasteiger partial charge in [0.1, 0.15) is 17.1 Å². The summed E-state index contributed by atoms with van der Waals surface area (Å²) in [6.07, 6.45) is 0.984. The summed E-state index contributed by atoms with van der Waals surface area (Å²) < 4.78 is 13.4. The number of rotatable bonds is 4. The van der Waals surface area contributed by atoms with Crippen molar-refractivity contribution >= 4 is 11.9 Å². The van der Waals surface area contributed by atoms with Crippen molar-refractivity contribution in [2.24, 2.45) is 5.41 Å². The topological polar surface area (TPSA) is 86.6 Å². The number of halogens is 1. The molecule has 0 aromatic heterocycles. The molecule has 0 aliphatic heterocycles. The third-order valence-electron chi connectivity index (χ3n) is 3.11. The van der Waals surface area contributed by atoms with Crippen molar-refractivity contribution < 1.29 is 24.2 Å². The smallest absolute Gasteiger partial charge is 0.311 e. The molecule has 18 heavy (non-hydrogen) atoms. The summed E-state index contributed by atoms with van der Waals surface area (Å²) >= 11 is 0. The highest BCUT2D eigenvalue weighted by atomic mass is 19.1. The fourth-order valence-corrected chi connectivity index (χ4v) is 1.69. The molecule has 0 radical (unpaired) electrons. The summed E-state index contributed by atoms with van der Waals surface area (Å²) in [7, 11) is 0. The second-order valence-electron chi connectivity index (χ2n) is 4.40. The van der Waals surface area contributed by atoms with E-state index in [1.165, 1.54) is 12.1 Å². The molecule has 1 aliphatic carbocycles. The van der Waals surface area contributed by atoms with E-state index in [2.05, 4.69) is 5.32 Å². The van der Waals surface area contributed by atoms with Crippen molar-refractivity contribution in [3.05, 3.63) is 29.6 Å². The number of carboxylic acid groups (broad SMARTS) is 1. The van der Waals surface area contributed by atoms with Gasteiger partial charge in [0, 0.05) is 6.54 Å². The van der Waals surface area contributed by atoms with Crippen molar-refractivity contribution in [3.8, 4) is 5.75 Å². The lowest BCUT2D eigenvalue weighted by Gasteiger charge is -2.12. The van der Waals surface area contributed by atoms with Gasteiger partial charge in [0.2, 0.25) is 0 Å². The lowest BCUT2D eigenvalue weighted by molar-refractivity contribution is -0.143. The van der Waals surface area contributed by atoms with Gasteiger partial charge in [-0.3, -0.25) is 9.59 Å². The second kappa shape index (κ2) is 4.29. The van der Waals surface area contributed by atoms with Crippen LogP contribution >= 0.6 is 0 Å². The number of nitrogens with one attached hydrogen (secondary N) is 1. The van der Waals surface area contributed by atoms with Crippen LogP contribution in [0.25, 0.3) is 0 Å². The number of carboxylic acids is 1. The number of phenols is 1. The molecule has 3 N–H and O–H groups in total. The van der Waals surface area contributed by atoms with Crippen molar-refractivity contribution in [2.45, 2.75) is 12.8 Å². The van der Waals surface area contributed by atoms with Crippen LogP contribution in [0.3, 0.4) is 0 Å². The highest BCUT2D eigenvalue weighted by molar-refractivity contribution is 5.97. The average Bonchev–Trinajstić information content (AvgIpc) is 3.07. The Morgan fingerprint density at radius 3 is 2.56 bits per heavy atom. The molecular formula is C12H12FNO4. The lowest BCUT2D eigenvalue weighted by atomic mass is 10.1. The van der Waals surface area contributed by atoms with E-state index in [0.717, 1.165) is 6.07 Å². The molecule has 5 nitrogen and oxygen atoms in total. The zero-order valence-corrected chi connectivity index (χ0v) is 9.44. The molecule has 2 rings (SSSR count). The number of benzene rings is 1. The molecule has 0 unspecified atom stereocenters. The largest absolute Gasteiger partial charge is 0.507 e. The quantitative estimate of drug-likeness (QED) is 0.750. The van der Waals surface area contributed by atoms with Gasteiger partial charge in [-0.1, -0.05) is 6.07 Å². The first kappa shape index (κ1) is 12.3. The molecule has 1 saturated carbocycles. The molecule has 6 heteroatoms. The Morgan fingerprint density at radius 2 is 2.06 bits per heavy atom. The molecule has 1 fully saturated rings. The number of amides is 1. The monoisotopic (exact) mass is 253 g/mol. The van der Waals surface area contributed by atoms with E-state index in [4.69, 9.17) is 5.11 Å². The number of carbonyl (C=O) groups excluding carboxylic acids is 1. The number of carbonyl (C=O) groups is 2. The minimum Gasteiger partial charge on any atom is -0.507 e. The van der Waals surface area contributed by atoms with Crippen molar-refractivity contribution in [3.63, 3.8) is 0 Å². The van der Waals surface area contributed by atoms with Gasteiger partial charge < -0.3 is 15.5 Å². The first-order valence-electron chi connectivity index (χ1n) is 5.45. The van der Waals surface area contributed by atoms with Crippen LogP contribution in [0.4, 0.5) is 4.39 Å². The summed E-state index contributed by atoms with van der Waals surface area (Å²) in [6, 6.07) is 3.53. The van der Waals surface area contributed by atoms with E-state index in [-0.39, 0.29) is 6.54 Å². The maximum absolute atomic E-state index is 13.4. The maximum atomic E-state index is 13.4. The van der Waals surface area contributed by atoms with Crippen molar-refractivity contribution in [2.75, 3.05) is 6.54 Å². The van der Waals surface area contributed by atoms with Gasteiger partial charge in [0.05, 0.1) is 5.41 Å². The summed E-state index contributed by atoms with van der Waals surface area (Å²) in [5.74, 6) is -3.08. The SMILES string of the molecule is O=C(NCC1(C(=O)O)CC1)c1c(O)cccc1F. The summed E-state index contributed by atoms with van der Waals surface area (Å²) in [6.45, 7) is -0.0606. The maximum Gasteiger partial charge on any atom is 0.311 e. The van der Waals surface area contributed by atoms with E-state index >= 15 is 0 Å². The van der Waals surface area contributed by atoms with Gasteiger partial charge >= 0.3 is 5.97 Å². The fourth-order valence-electron chi connectivity index (χ4n) is 1.69. The molecule has 0 heterocycles. The van der Waals surface area contributed by atoms with Gasteiger partial charge in [-0.05, 0) is 25.0 Å². The Labute approximate surface area is 102 Å². The molecule has 1 aliphatic rings. The number of aromatic hydroxyl groups is 1. The van der Waals surface area contributed by atoms with E-state index in [0.29, 0.717) is 12.8 Å². The summed E-state index contributed by atoms with van der Waals surface area (Å²) in [5, 5.41) is 20.7. The predicted octanol–water partition coefficient (Wildman–Crippen LogP) is 1.13. The van der Waals surface area contributed by atoms with E-state index in [1.807, 2.05) is 0 Å². The molecule has 96 valence electrons. The van der Waals surface area contributed by atoms with Gasteiger partial charge in [-0.2, -0.15) is 0 Å². The average molecular weight is 253 g/mol. The van der Waals surface area contributed by atoms with E-state index in [1.54, 1.807) is 0 Å². The van der Waals surface area contributed by atoms with Crippen LogP contribution < -0.4 is 5.32 Å². The highest BCUT2D eigenvalue weighted by Gasteiger charge is 2.50. The Kier molecular flexibility index (Phi) is 2.94. The number of phenolic OH excluding ortho intramolecular Hbond substituents is 1. The zero-order chi connectivity index (χ0) is 13.3. The van der Waals surface area contributed by atoms with Crippen LogP contribution in [0.5, 0.6) is 5.75 Å². The van der Waals surface area contributed by atoms with Crippen LogP contribution in [0.15, 0.2) is 18.2 Å². The summed E-state index contributed by atoms with van der Waals surface area (Å²) in [5.41, 5.74) is -1.38. The fraction of sp³-hybridized carbons (Fsp3) is 0.333. The lowest BCUT2D eigenvalue weighted by Crippen LogP contribution is -2.34. The van der Waals surface area contributed by atoms with Gasteiger partial charge in [0.25, 0.3) is 5.91 Å². The van der Waals surface area contributed by atoms with E-state index < -0.39 is 34.4 Å². The predicted molar refractivity (Wildman–Crippen MR) is 59.7 cm³/mol. The first-order chi connectivity index (χ1) is 8.46. The normalized spacial score (nSPS) is 16.1. The van der Waals surface area contributed by atoms with Crippen LogP contribution in [0.2, 0.25) is 0 Å². The van der Waals surface area contributed by atoms with Crippen LogP contribution in [-0.2, 0) is 4.79 Å². The Bertz CT molecular complexity index is 491. The molecule has 0 saturated heterocycles. The Morgan fingerprint density at radius 1 is 1.39 bits per heavy atom. The second-order valence-corrected chi connectivity index (χ2v) is 4.40. The third-order valence-corrected chi connectivity index (χ3v) is 3.11. The molecule has 0 spiro atoms. The van der Waals surface area contributed by atoms with Gasteiger partial charge in [-0.25, -0.2) is 4.39 Å². The first-order valence-corrected chi connectivity index (χ1v) is 5.45. The molecule has 1 amide bonds. The van der Waals surface area contributed by atoms with Gasteiger partial charge in [0.15, 0.2) is 0 Å². The molecular weight excluding hydrogens is 241 g/mol. The van der Waals surface area contributed by atoms with Crippen LogP contribution in [-0.4, -0.2) is 28.6 Å². The minimum absolute atomic E-state index is 0.0606. The van der Waals surface area contributed by atoms with Gasteiger partial charge in [-0.15, -0.1) is 0 Å². The number of hydrogen-bond donors (Lipinski definition) is 3. The molecule has 1 aromatic rings. The van der Waals surface area contributed by atoms with E-state index in [9.17, 15) is 19.1 Å². The Hall–Kier alpha value is -2.11. The van der Waals surface area contributed by atoms with Crippen molar-refractivity contribution in [1.29, 1.82) is 0 Å². The third kappa shape index (κ3) is 2.13. The molecule has 0 bridgehead atoms. The standard InChI is InChI=1S/C12H12FNO4/c13-7-2-1-3-8(15)9(7)10(16)14-6-12(4-5-12)11(17)18/h1-3,15H,4-6H2,(H,14,16)(H,17,18).